The highest BCUT2D eigenvalue weighted by Gasteiger charge is 2.26. The fourth-order valence-corrected chi connectivity index (χ4v) is 4.26. The highest BCUT2D eigenvalue weighted by Crippen LogP contribution is 2.38. The van der Waals surface area contributed by atoms with Crippen LogP contribution < -0.4 is 15.0 Å². The molecular formula is C22H24N4O2. The lowest BCUT2D eigenvalue weighted by Gasteiger charge is -2.28. The average Bonchev–Trinajstić information content (AvgIpc) is 3.26. The van der Waals surface area contributed by atoms with Gasteiger partial charge in [0.15, 0.2) is 0 Å². The molecule has 1 N–H and O–H groups in total. The second-order valence-corrected chi connectivity index (χ2v) is 7.60. The SMILES string of the molecule is Cc1nc2c(NC3CCOc4ccccc43)cc(N3CCCC3=O)cc2n1C. The molecule has 2 aliphatic rings. The van der Waals surface area contributed by atoms with Gasteiger partial charge >= 0.3 is 0 Å². The summed E-state index contributed by atoms with van der Waals surface area (Å²) in [5, 5.41) is 3.71. The molecular weight excluding hydrogens is 352 g/mol. The molecule has 1 saturated heterocycles. The number of aryl methyl sites for hydroxylation is 2. The van der Waals surface area contributed by atoms with Crippen LogP contribution in [0, 0.1) is 6.92 Å². The highest BCUT2D eigenvalue weighted by molar-refractivity contribution is 6.00. The van der Waals surface area contributed by atoms with Crippen LogP contribution in [0.3, 0.4) is 0 Å². The molecule has 0 radical (unpaired) electrons. The van der Waals surface area contributed by atoms with Crippen LogP contribution in [-0.2, 0) is 11.8 Å². The molecule has 3 heterocycles. The first kappa shape index (κ1) is 17.1. The monoisotopic (exact) mass is 376 g/mol. The number of rotatable bonds is 3. The molecule has 1 aromatic heterocycles. The highest BCUT2D eigenvalue weighted by atomic mass is 16.5. The van der Waals surface area contributed by atoms with Crippen LogP contribution in [0.5, 0.6) is 5.75 Å². The van der Waals surface area contributed by atoms with Crippen molar-refractivity contribution in [2.75, 3.05) is 23.4 Å². The number of carbonyl (C=O) groups is 1. The van der Waals surface area contributed by atoms with E-state index < -0.39 is 0 Å². The summed E-state index contributed by atoms with van der Waals surface area (Å²) in [7, 11) is 2.02. The summed E-state index contributed by atoms with van der Waals surface area (Å²) in [5.41, 5.74) is 5.06. The van der Waals surface area contributed by atoms with Gasteiger partial charge in [-0.15, -0.1) is 0 Å². The number of nitrogens with one attached hydrogen (secondary N) is 1. The quantitative estimate of drug-likeness (QED) is 0.752. The molecule has 0 aliphatic carbocycles. The van der Waals surface area contributed by atoms with Gasteiger partial charge in [0.2, 0.25) is 5.91 Å². The molecule has 0 spiro atoms. The van der Waals surface area contributed by atoms with Gasteiger partial charge in [-0.3, -0.25) is 4.79 Å². The summed E-state index contributed by atoms with van der Waals surface area (Å²) in [5.74, 6) is 2.08. The molecule has 0 saturated carbocycles. The molecule has 28 heavy (non-hydrogen) atoms. The number of ether oxygens (including phenoxy) is 1. The van der Waals surface area contributed by atoms with Crippen LogP contribution in [0.4, 0.5) is 11.4 Å². The number of hydrogen-bond acceptors (Lipinski definition) is 4. The third-order valence-corrected chi connectivity index (χ3v) is 5.87. The number of benzene rings is 2. The van der Waals surface area contributed by atoms with Crippen molar-refractivity contribution in [3.8, 4) is 5.75 Å². The molecule has 1 unspecified atom stereocenters. The Labute approximate surface area is 164 Å². The molecule has 6 heteroatoms. The number of para-hydroxylation sites is 1. The second-order valence-electron chi connectivity index (χ2n) is 7.60. The summed E-state index contributed by atoms with van der Waals surface area (Å²) in [6.07, 6.45) is 2.42. The molecule has 1 fully saturated rings. The van der Waals surface area contributed by atoms with E-state index in [1.165, 1.54) is 0 Å². The first-order valence-corrected chi connectivity index (χ1v) is 9.87. The Morgan fingerprint density at radius 3 is 2.93 bits per heavy atom. The molecule has 1 atom stereocenters. The lowest BCUT2D eigenvalue weighted by Crippen LogP contribution is -2.24. The lowest BCUT2D eigenvalue weighted by molar-refractivity contribution is -0.117. The smallest absolute Gasteiger partial charge is 0.227 e. The number of hydrogen-bond donors (Lipinski definition) is 1. The van der Waals surface area contributed by atoms with Crippen molar-refractivity contribution in [2.45, 2.75) is 32.2 Å². The third-order valence-electron chi connectivity index (χ3n) is 5.87. The number of nitrogens with zero attached hydrogens (tertiary/aromatic N) is 3. The van der Waals surface area contributed by atoms with Crippen molar-refractivity contribution in [1.29, 1.82) is 0 Å². The van der Waals surface area contributed by atoms with E-state index in [4.69, 9.17) is 9.72 Å². The first-order chi connectivity index (χ1) is 13.6. The van der Waals surface area contributed by atoms with Crippen LogP contribution in [0.2, 0.25) is 0 Å². The average molecular weight is 376 g/mol. The number of aromatic nitrogens is 2. The lowest BCUT2D eigenvalue weighted by atomic mass is 10.00. The standard InChI is InChI=1S/C22H24N4O2/c1-14-23-22-18(24-17-9-11-28-20-7-4-3-6-16(17)20)12-15(13-19(22)25(14)2)26-10-5-8-21(26)27/h3-4,6-7,12-13,17,24H,5,8-11H2,1-2H3. The second kappa shape index (κ2) is 6.55. The molecule has 1 amide bonds. The number of anilines is 2. The molecule has 2 aliphatic heterocycles. The Balaban J connectivity index is 1.60. The van der Waals surface area contributed by atoms with Gasteiger partial charge in [0.05, 0.1) is 23.9 Å². The summed E-state index contributed by atoms with van der Waals surface area (Å²) in [6.45, 7) is 3.47. The van der Waals surface area contributed by atoms with E-state index in [0.717, 1.165) is 58.9 Å². The van der Waals surface area contributed by atoms with Crippen LogP contribution >= 0.6 is 0 Å². The summed E-state index contributed by atoms with van der Waals surface area (Å²) in [4.78, 5) is 19.0. The van der Waals surface area contributed by atoms with Gasteiger partial charge in [-0.2, -0.15) is 0 Å². The van der Waals surface area contributed by atoms with E-state index in [2.05, 4.69) is 28.1 Å². The number of imidazole rings is 1. The van der Waals surface area contributed by atoms with E-state index >= 15 is 0 Å². The Hall–Kier alpha value is -3.02. The molecule has 5 rings (SSSR count). The molecule has 0 bridgehead atoms. The van der Waals surface area contributed by atoms with E-state index in [1.807, 2.05) is 37.1 Å². The van der Waals surface area contributed by atoms with Crippen molar-refractivity contribution in [2.24, 2.45) is 7.05 Å². The maximum absolute atomic E-state index is 12.3. The van der Waals surface area contributed by atoms with Crippen molar-refractivity contribution < 1.29 is 9.53 Å². The van der Waals surface area contributed by atoms with E-state index in [0.29, 0.717) is 13.0 Å². The Bertz CT molecular complexity index is 1070. The minimum absolute atomic E-state index is 0.153. The van der Waals surface area contributed by atoms with Gasteiger partial charge in [-0.05, 0) is 31.5 Å². The zero-order chi connectivity index (χ0) is 19.3. The van der Waals surface area contributed by atoms with Gasteiger partial charge < -0.3 is 19.5 Å². The van der Waals surface area contributed by atoms with Crippen molar-refractivity contribution in [1.82, 2.24) is 9.55 Å². The summed E-state index contributed by atoms with van der Waals surface area (Å²) < 4.78 is 7.89. The molecule has 6 nitrogen and oxygen atoms in total. The van der Waals surface area contributed by atoms with Crippen molar-refractivity contribution in [3.05, 3.63) is 47.8 Å². The van der Waals surface area contributed by atoms with Crippen LogP contribution in [0.15, 0.2) is 36.4 Å². The Morgan fingerprint density at radius 2 is 2.11 bits per heavy atom. The topological polar surface area (TPSA) is 59.4 Å². The van der Waals surface area contributed by atoms with Gasteiger partial charge in [-0.1, -0.05) is 18.2 Å². The Kier molecular flexibility index (Phi) is 4.00. The minimum atomic E-state index is 0.153. The van der Waals surface area contributed by atoms with E-state index in [-0.39, 0.29) is 11.9 Å². The number of fused-ring (bicyclic) bond motifs is 2. The minimum Gasteiger partial charge on any atom is -0.493 e. The fourth-order valence-electron chi connectivity index (χ4n) is 4.26. The molecule has 3 aromatic rings. The van der Waals surface area contributed by atoms with Crippen LogP contribution in [0.25, 0.3) is 11.0 Å². The normalized spacial score (nSPS) is 19.0. The molecule has 144 valence electrons. The Morgan fingerprint density at radius 1 is 1.25 bits per heavy atom. The van der Waals surface area contributed by atoms with Gasteiger partial charge in [0.1, 0.15) is 17.1 Å². The van der Waals surface area contributed by atoms with E-state index in [9.17, 15) is 4.79 Å². The predicted molar refractivity (Wildman–Crippen MR) is 110 cm³/mol. The van der Waals surface area contributed by atoms with Crippen LogP contribution in [-0.4, -0.2) is 28.6 Å². The zero-order valence-electron chi connectivity index (χ0n) is 16.2. The van der Waals surface area contributed by atoms with Crippen molar-refractivity contribution >= 4 is 28.3 Å². The summed E-state index contributed by atoms with van der Waals surface area (Å²) >= 11 is 0. The maximum Gasteiger partial charge on any atom is 0.227 e. The number of carbonyl (C=O) groups excluding carboxylic acids is 1. The van der Waals surface area contributed by atoms with E-state index in [1.54, 1.807) is 0 Å². The third kappa shape index (κ3) is 2.71. The largest absolute Gasteiger partial charge is 0.493 e. The predicted octanol–water partition coefficient (Wildman–Crippen LogP) is 3.94. The van der Waals surface area contributed by atoms with Gasteiger partial charge in [0.25, 0.3) is 0 Å². The fraction of sp³-hybridized carbons (Fsp3) is 0.364. The van der Waals surface area contributed by atoms with Crippen molar-refractivity contribution in [3.63, 3.8) is 0 Å². The van der Waals surface area contributed by atoms with Gasteiger partial charge in [0, 0.05) is 37.7 Å². The summed E-state index contributed by atoms with van der Waals surface area (Å²) in [6, 6.07) is 12.5. The van der Waals surface area contributed by atoms with Gasteiger partial charge in [-0.25, -0.2) is 4.98 Å². The molecule has 2 aromatic carbocycles. The zero-order valence-corrected chi connectivity index (χ0v) is 16.2. The first-order valence-electron chi connectivity index (χ1n) is 9.87. The maximum atomic E-state index is 12.3. The van der Waals surface area contributed by atoms with Crippen LogP contribution in [0.1, 0.15) is 36.7 Å². The number of amides is 1.